The molecule has 13 nitrogen and oxygen atoms in total. The first kappa shape index (κ1) is 25.7. The smallest absolute Gasteiger partial charge is 0.293 e. The number of carbonyl (C=O) groups excluding carboxylic acids is 1. The van der Waals surface area contributed by atoms with Crippen LogP contribution >= 0.6 is 0 Å². The van der Waals surface area contributed by atoms with Gasteiger partial charge in [0.15, 0.2) is 5.69 Å². The quantitative estimate of drug-likeness (QED) is 0.216. The van der Waals surface area contributed by atoms with Crippen molar-refractivity contribution in [2.75, 3.05) is 35.2 Å². The maximum Gasteiger partial charge on any atom is 0.293 e. The number of hydrazone groups is 1. The Hall–Kier alpha value is -4.94. The van der Waals surface area contributed by atoms with Crippen LogP contribution in [0.3, 0.4) is 0 Å². The summed E-state index contributed by atoms with van der Waals surface area (Å²) in [6.45, 7) is 6.84. The number of phenolic OH excluding ortho intramolecular Hbond substituents is 1. The largest absolute Gasteiger partial charge is 0.507 e. The van der Waals surface area contributed by atoms with E-state index in [4.69, 9.17) is 10.4 Å². The van der Waals surface area contributed by atoms with Crippen molar-refractivity contribution in [3.05, 3.63) is 65.0 Å². The van der Waals surface area contributed by atoms with Gasteiger partial charge in [-0.25, -0.2) is 10.1 Å². The summed E-state index contributed by atoms with van der Waals surface area (Å²) in [5.74, 6) is -0.355. The molecule has 0 fully saturated rings. The Morgan fingerprint density at radius 2 is 2.05 bits per heavy atom. The van der Waals surface area contributed by atoms with E-state index in [0.29, 0.717) is 17.8 Å². The lowest BCUT2D eigenvalue weighted by Gasteiger charge is -2.31. The van der Waals surface area contributed by atoms with Crippen LogP contribution < -0.4 is 21.0 Å². The molecule has 1 aliphatic heterocycles. The van der Waals surface area contributed by atoms with Crippen molar-refractivity contribution in [1.29, 1.82) is 0 Å². The van der Waals surface area contributed by atoms with E-state index in [2.05, 4.69) is 53.1 Å². The number of amides is 1. The second kappa shape index (κ2) is 11.2. The summed E-state index contributed by atoms with van der Waals surface area (Å²) in [6, 6.07) is 13.5. The lowest BCUT2D eigenvalue weighted by molar-refractivity contribution is 0.0949. The molecule has 0 atom stereocenters. The summed E-state index contributed by atoms with van der Waals surface area (Å²) in [6.07, 6.45) is 3.33. The molecule has 3 heterocycles. The van der Waals surface area contributed by atoms with E-state index in [1.807, 2.05) is 32.0 Å². The van der Waals surface area contributed by atoms with Gasteiger partial charge in [-0.1, -0.05) is 23.4 Å². The van der Waals surface area contributed by atoms with Crippen molar-refractivity contribution in [3.8, 4) is 11.6 Å². The summed E-state index contributed by atoms with van der Waals surface area (Å²) in [7, 11) is 0. The van der Waals surface area contributed by atoms with Crippen LogP contribution in [0.25, 0.3) is 5.82 Å². The Morgan fingerprint density at radius 3 is 2.79 bits per heavy atom. The number of anilines is 3. The molecule has 1 aliphatic rings. The minimum atomic E-state index is -0.577. The zero-order chi connectivity index (χ0) is 27.4. The first-order chi connectivity index (χ1) is 19.0. The van der Waals surface area contributed by atoms with E-state index in [1.54, 1.807) is 12.1 Å². The number of nitrogens with zero attached hydrogens (tertiary/aromatic N) is 8. The molecule has 0 bridgehead atoms. The Morgan fingerprint density at radius 1 is 1.23 bits per heavy atom. The molecular weight excluding hydrogens is 500 g/mol. The molecule has 0 saturated carbocycles. The predicted octanol–water partition coefficient (Wildman–Crippen LogP) is 2.50. The first-order valence-corrected chi connectivity index (χ1v) is 12.8. The average Bonchev–Trinajstić information content (AvgIpc) is 3.56. The van der Waals surface area contributed by atoms with Crippen molar-refractivity contribution in [2.45, 2.75) is 33.2 Å². The highest BCUT2D eigenvalue weighted by Crippen LogP contribution is 2.29. The van der Waals surface area contributed by atoms with Crippen molar-refractivity contribution >= 4 is 29.3 Å². The molecule has 4 N–H and O–H groups in total. The predicted molar refractivity (Wildman–Crippen MR) is 146 cm³/mol. The molecule has 0 spiro atoms. The van der Waals surface area contributed by atoms with E-state index < -0.39 is 5.91 Å². The number of nitrogens with two attached hydrogens (primary N) is 1. The zero-order valence-electron chi connectivity index (χ0n) is 21.8. The monoisotopic (exact) mass is 530 g/mol. The van der Waals surface area contributed by atoms with Gasteiger partial charge in [-0.05, 0) is 60.8 Å². The van der Waals surface area contributed by atoms with Crippen LogP contribution in [-0.4, -0.2) is 62.2 Å². The number of benzene rings is 2. The molecular formula is C26H30N10O3. The summed E-state index contributed by atoms with van der Waals surface area (Å²) in [4.78, 5) is 17.5. The van der Waals surface area contributed by atoms with Gasteiger partial charge in [0, 0.05) is 42.6 Å². The van der Waals surface area contributed by atoms with Crippen LogP contribution in [0.5, 0.6) is 5.75 Å². The number of phenols is 1. The number of nitrogen functional groups attached to an aromatic ring is 1. The summed E-state index contributed by atoms with van der Waals surface area (Å²) in [5.41, 5.74) is 12.6. The highest BCUT2D eigenvalue weighted by molar-refractivity contribution is 5.94. The molecule has 5 rings (SSSR count). The highest BCUT2D eigenvalue weighted by Gasteiger charge is 2.27. The third-order valence-electron chi connectivity index (χ3n) is 6.73. The van der Waals surface area contributed by atoms with E-state index in [-0.39, 0.29) is 23.1 Å². The van der Waals surface area contributed by atoms with Gasteiger partial charge in [0.25, 0.3) is 5.91 Å². The number of aromatic nitrogens is 5. The number of carbonyl (C=O) groups is 1. The maximum atomic E-state index is 13.2. The number of hydrogen-bond acceptors (Lipinski definition) is 11. The number of hydrogen-bond donors (Lipinski definition) is 3. The van der Waals surface area contributed by atoms with Gasteiger partial charge >= 0.3 is 0 Å². The van der Waals surface area contributed by atoms with Crippen molar-refractivity contribution in [3.63, 3.8) is 0 Å². The van der Waals surface area contributed by atoms with Crippen LogP contribution in [0.4, 0.5) is 17.2 Å². The van der Waals surface area contributed by atoms with Crippen LogP contribution in [0.15, 0.2) is 52.2 Å². The maximum absolute atomic E-state index is 13.2. The third kappa shape index (κ3) is 5.23. The number of fused-ring (bicyclic) bond motifs is 1. The minimum Gasteiger partial charge on any atom is -0.507 e. The molecule has 1 amide bonds. The van der Waals surface area contributed by atoms with Gasteiger partial charge in [0.2, 0.25) is 11.6 Å². The number of para-hydroxylation sites is 1. The van der Waals surface area contributed by atoms with Crippen molar-refractivity contribution in [2.24, 2.45) is 5.10 Å². The summed E-state index contributed by atoms with van der Waals surface area (Å²) < 4.78 is 6.12. The van der Waals surface area contributed by atoms with Crippen LogP contribution in [-0.2, 0) is 13.0 Å². The Balaban J connectivity index is 1.40. The molecule has 202 valence electrons. The van der Waals surface area contributed by atoms with Gasteiger partial charge in [-0.3, -0.25) is 4.79 Å². The lowest BCUT2D eigenvalue weighted by Crippen LogP contribution is -2.31. The SMILES string of the molecule is CCN(CC)c1ccc(/C=N/NC(=O)c2nnn(-c3nonc3N)c2CN2CCCc3ccccc32)c(O)c1. The van der Waals surface area contributed by atoms with E-state index >= 15 is 0 Å². The van der Waals surface area contributed by atoms with Gasteiger partial charge in [0.05, 0.1) is 18.5 Å². The number of rotatable bonds is 9. The third-order valence-corrected chi connectivity index (χ3v) is 6.73. The Kier molecular flexibility index (Phi) is 7.39. The second-order valence-corrected chi connectivity index (χ2v) is 9.04. The van der Waals surface area contributed by atoms with E-state index in [0.717, 1.165) is 43.9 Å². The lowest BCUT2D eigenvalue weighted by atomic mass is 10.0. The molecule has 0 unspecified atom stereocenters. The van der Waals surface area contributed by atoms with Crippen LogP contribution in [0.1, 0.15) is 47.6 Å². The molecule has 2 aromatic carbocycles. The van der Waals surface area contributed by atoms with Gasteiger partial charge < -0.3 is 20.6 Å². The number of aromatic hydroxyl groups is 1. The molecule has 4 aromatic rings. The fourth-order valence-electron chi connectivity index (χ4n) is 4.72. The molecule has 2 aromatic heterocycles. The van der Waals surface area contributed by atoms with Gasteiger partial charge in [0.1, 0.15) is 5.75 Å². The number of aryl methyl sites for hydroxylation is 1. The summed E-state index contributed by atoms with van der Waals surface area (Å²) in [5, 5.41) is 30.2. The average molecular weight is 531 g/mol. The second-order valence-electron chi connectivity index (χ2n) is 9.04. The molecule has 0 radical (unpaired) electrons. The first-order valence-electron chi connectivity index (χ1n) is 12.8. The van der Waals surface area contributed by atoms with Crippen LogP contribution in [0.2, 0.25) is 0 Å². The topological polar surface area (TPSA) is 164 Å². The standard InChI is InChI=1S/C26H30N10O3/c1-3-34(4-2)19-12-11-18(22(37)14-19)15-28-30-26(38)23-21(36(33-29-23)25-24(27)31-39-32-25)16-35-13-7-9-17-8-5-6-10-20(17)35/h5-6,8,10-12,14-15,37H,3-4,7,9,13,16H2,1-2H3,(H2,27,31)(H,30,38)/b28-15+. The molecule has 13 heteroatoms. The fraction of sp³-hybridized carbons (Fsp3) is 0.308. The normalized spacial score (nSPS) is 13.0. The molecule has 39 heavy (non-hydrogen) atoms. The Bertz CT molecular complexity index is 1490. The zero-order valence-corrected chi connectivity index (χ0v) is 21.8. The highest BCUT2D eigenvalue weighted by atomic mass is 16.6. The summed E-state index contributed by atoms with van der Waals surface area (Å²) >= 11 is 0. The van der Waals surface area contributed by atoms with Gasteiger partial charge in [-0.2, -0.15) is 9.78 Å². The molecule has 0 aliphatic carbocycles. The number of nitrogens with one attached hydrogen (secondary N) is 1. The minimum absolute atomic E-state index is 0.0220. The fourth-order valence-corrected chi connectivity index (χ4v) is 4.72. The molecule has 0 saturated heterocycles. The Labute approximate surface area is 224 Å². The van der Waals surface area contributed by atoms with Crippen molar-refractivity contribution < 1.29 is 14.5 Å². The van der Waals surface area contributed by atoms with E-state index in [1.165, 1.54) is 16.5 Å². The van der Waals surface area contributed by atoms with Crippen LogP contribution in [0, 0.1) is 0 Å². The van der Waals surface area contributed by atoms with E-state index in [9.17, 15) is 9.90 Å². The van der Waals surface area contributed by atoms with Gasteiger partial charge in [-0.15, -0.1) is 5.10 Å². The van der Waals surface area contributed by atoms with Crippen molar-refractivity contribution in [1.82, 2.24) is 30.7 Å².